The maximum atomic E-state index is 5.77. The molecule has 1 aromatic carbocycles. The quantitative estimate of drug-likeness (QED) is 0.593. The lowest BCUT2D eigenvalue weighted by molar-refractivity contribution is 0.274. The van der Waals surface area contributed by atoms with Crippen LogP contribution in [0, 0.1) is 18.3 Å². The van der Waals surface area contributed by atoms with E-state index in [2.05, 4.69) is 52.2 Å². The van der Waals surface area contributed by atoms with Gasteiger partial charge in [0.2, 0.25) is 0 Å². The van der Waals surface area contributed by atoms with Gasteiger partial charge in [0.1, 0.15) is 5.75 Å². The first-order valence-corrected chi connectivity index (χ1v) is 7.85. The van der Waals surface area contributed by atoms with Gasteiger partial charge in [-0.2, -0.15) is 0 Å². The van der Waals surface area contributed by atoms with Gasteiger partial charge in [-0.1, -0.05) is 45.4 Å². The van der Waals surface area contributed by atoms with E-state index in [1.54, 1.807) is 7.11 Å². The molecular weight excluding hydrogens is 260 g/mol. The van der Waals surface area contributed by atoms with Gasteiger partial charge in [-0.15, -0.1) is 0 Å². The molecule has 3 N–H and O–H groups in total. The number of hydrazine groups is 1. The normalized spacial score (nSPS) is 14.8. The summed E-state index contributed by atoms with van der Waals surface area (Å²) in [6.45, 7) is 11.3. The summed E-state index contributed by atoms with van der Waals surface area (Å²) in [5.74, 6) is 7.36. The summed E-state index contributed by atoms with van der Waals surface area (Å²) in [5, 5.41) is 0. The van der Waals surface area contributed by atoms with Gasteiger partial charge in [0.25, 0.3) is 0 Å². The van der Waals surface area contributed by atoms with Crippen molar-refractivity contribution in [1.29, 1.82) is 0 Å². The third-order valence-electron chi connectivity index (χ3n) is 3.79. The minimum Gasteiger partial charge on any atom is -0.496 e. The van der Waals surface area contributed by atoms with Crippen molar-refractivity contribution in [3.63, 3.8) is 0 Å². The van der Waals surface area contributed by atoms with Crippen LogP contribution in [0.25, 0.3) is 0 Å². The Morgan fingerprint density at radius 3 is 2.48 bits per heavy atom. The van der Waals surface area contributed by atoms with Crippen LogP contribution >= 0.6 is 0 Å². The highest BCUT2D eigenvalue weighted by Crippen LogP contribution is 2.28. The van der Waals surface area contributed by atoms with Crippen LogP contribution in [0.4, 0.5) is 0 Å². The molecule has 0 aliphatic heterocycles. The maximum Gasteiger partial charge on any atom is 0.122 e. The predicted molar refractivity (Wildman–Crippen MR) is 90.4 cm³/mol. The summed E-state index contributed by atoms with van der Waals surface area (Å²) in [6, 6.07) is 6.59. The molecule has 3 nitrogen and oxygen atoms in total. The topological polar surface area (TPSA) is 47.3 Å². The summed E-state index contributed by atoms with van der Waals surface area (Å²) >= 11 is 0. The predicted octanol–water partition coefficient (Wildman–Crippen LogP) is 3.84. The number of aryl methyl sites for hydroxylation is 1. The van der Waals surface area contributed by atoms with Crippen LogP contribution in [0.5, 0.6) is 5.75 Å². The van der Waals surface area contributed by atoms with Gasteiger partial charge < -0.3 is 4.74 Å². The highest BCUT2D eigenvalue weighted by molar-refractivity contribution is 5.37. The van der Waals surface area contributed by atoms with Crippen molar-refractivity contribution in [3.8, 4) is 5.75 Å². The SMILES string of the molecule is COc1ccc(C)cc1CC(CC(C)CC(C)(C)C)NN. The number of hydrogen-bond acceptors (Lipinski definition) is 3. The lowest BCUT2D eigenvalue weighted by Crippen LogP contribution is -2.38. The van der Waals surface area contributed by atoms with Crippen LogP contribution in [0.1, 0.15) is 51.7 Å². The summed E-state index contributed by atoms with van der Waals surface area (Å²) < 4.78 is 5.46. The average Bonchev–Trinajstić information content (AvgIpc) is 2.36. The Balaban J connectivity index is 2.72. The molecule has 0 aliphatic rings. The fraction of sp³-hybridized carbons (Fsp3) is 0.667. The van der Waals surface area contributed by atoms with Gasteiger partial charge in [0.05, 0.1) is 7.11 Å². The smallest absolute Gasteiger partial charge is 0.122 e. The van der Waals surface area contributed by atoms with Gasteiger partial charge in [-0.3, -0.25) is 11.3 Å². The molecule has 2 atom stereocenters. The number of methoxy groups -OCH3 is 1. The molecule has 1 rings (SSSR count). The van der Waals surface area contributed by atoms with Crippen molar-refractivity contribution in [1.82, 2.24) is 5.43 Å². The molecule has 21 heavy (non-hydrogen) atoms. The number of hydrogen-bond donors (Lipinski definition) is 2. The molecule has 0 saturated carbocycles. The molecule has 120 valence electrons. The van der Waals surface area contributed by atoms with E-state index in [4.69, 9.17) is 10.6 Å². The minimum absolute atomic E-state index is 0.276. The molecule has 0 fully saturated rings. The summed E-state index contributed by atoms with van der Waals surface area (Å²) in [4.78, 5) is 0. The van der Waals surface area contributed by atoms with E-state index in [9.17, 15) is 0 Å². The zero-order valence-electron chi connectivity index (χ0n) is 14.5. The molecule has 3 heteroatoms. The Morgan fingerprint density at radius 2 is 1.95 bits per heavy atom. The summed E-state index contributed by atoms with van der Waals surface area (Å²) in [7, 11) is 1.72. The zero-order valence-corrected chi connectivity index (χ0v) is 14.5. The molecule has 0 aromatic heterocycles. The van der Waals surface area contributed by atoms with E-state index in [-0.39, 0.29) is 6.04 Å². The van der Waals surface area contributed by atoms with Gasteiger partial charge in [0, 0.05) is 6.04 Å². The number of rotatable bonds is 7. The highest BCUT2D eigenvalue weighted by Gasteiger charge is 2.19. The Morgan fingerprint density at radius 1 is 1.29 bits per heavy atom. The van der Waals surface area contributed by atoms with E-state index in [1.165, 1.54) is 17.5 Å². The number of nitrogens with one attached hydrogen (secondary N) is 1. The van der Waals surface area contributed by atoms with Crippen LogP contribution in [-0.2, 0) is 6.42 Å². The van der Waals surface area contributed by atoms with E-state index >= 15 is 0 Å². The van der Waals surface area contributed by atoms with Crippen LogP contribution in [0.15, 0.2) is 18.2 Å². The standard InChI is InChI=1S/C18H32N2O/c1-13-7-8-17(21-6)15(9-13)11-16(20-19)10-14(2)12-18(3,4)5/h7-9,14,16,20H,10-12,19H2,1-6H3. The van der Waals surface area contributed by atoms with Crippen LogP contribution in [-0.4, -0.2) is 13.2 Å². The maximum absolute atomic E-state index is 5.77. The number of ether oxygens (including phenoxy) is 1. The van der Waals surface area contributed by atoms with Gasteiger partial charge in [-0.05, 0) is 49.1 Å². The molecule has 0 radical (unpaired) electrons. The van der Waals surface area contributed by atoms with Crippen molar-refractivity contribution in [2.24, 2.45) is 17.2 Å². The first-order chi connectivity index (χ1) is 9.75. The average molecular weight is 292 g/mol. The molecule has 0 bridgehead atoms. The van der Waals surface area contributed by atoms with Gasteiger partial charge in [0.15, 0.2) is 0 Å². The fourth-order valence-corrected chi connectivity index (χ4v) is 3.16. The van der Waals surface area contributed by atoms with Crippen molar-refractivity contribution < 1.29 is 4.74 Å². The Kier molecular flexibility index (Phi) is 6.69. The largest absolute Gasteiger partial charge is 0.496 e. The Hall–Kier alpha value is -1.06. The number of benzene rings is 1. The monoisotopic (exact) mass is 292 g/mol. The Labute approximate surface area is 130 Å². The van der Waals surface area contributed by atoms with E-state index in [0.717, 1.165) is 18.6 Å². The van der Waals surface area contributed by atoms with Crippen molar-refractivity contribution in [3.05, 3.63) is 29.3 Å². The molecule has 0 saturated heterocycles. The second-order valence-corrected chi connectivity index (χ2v) is 7.49. The van der Waals surface area contributed by atoms with Crippen LogP contribution < -0.4 is 16.0 Å². The second-order valence-electron chi connectivity index (χ2n) is 7.49. The van der Waals surface area contributed by atoms with Crippen molar-refractivity contribution >= 4 is 0 Å². The number of nitrogens with two attached hydrogens (primary N) is 1. The fourth-order valence-electron chi connectivity index (χ4n) is 3.16. The molecule has 1 aromatic rings. The summed E-state index contributed by atoms with van der Waals surface area (Å²) in [5.41, 5.74) is 5.82. The molecule has 0 amide bonds. The molecule has 0 spiro atoms. The highest BCUT2D eigenvalue weighted by atomic mass is 16.5. The molecule has 0 heterocycles. The van der Waals surface area contributed by atoms with E-state index in [1.807, 2.05) is 6.07 Å². The molecule has 0 aliphatic carbocycles. The second kappa shape index (κ2) is 7.81. The van der Waals surface area contributed by atoms with Crippen LogP contribution in [0.3, 0.4) is 0 Å². The van der Waals surface area contributed by atoms with Crippen molar-refractivity contribution in [2.45, 2.75) is 59.9 Å². The lowest BCUT2D eigenvalue weighted by Gasteiger charge is -2.27. The van der Waals surface area contributed by atoms with Crippen molar-refractivity contribution in [2.75, 3.05) is 7.11 Å². The summed E-state index contributed by atoms with van der Waals surface area (Å²) in [6.07, 6.45) is 3.18. The zero-order chi connectivity index (χ0) is 16.0. The van der Waals surface area contributed by atoms with Gasteiger partial charge >= 0.3 is 0 Å². The lowest BCUT2D eigenvalue weighted by atomic mass is 9.82. The first kappa shape index (κ1) is 18.0. The van der Waals surface area contributed by atoms with Crippen LogP contribution in [0.2, 0.25) is 0 Å². The van der Waals surface area contributed by atoms with Gasteiger partial charge in [-0.25, -0.2) is 0 Å². The van der Waals surface area contributed by atoms with E-state index in [0.29, 0.717) is 11.3 Å². The Bertz CT molecular complexity index is 437. The third-order valence-corrected chi connectivity index (χ3v) is 3.79. The molecule has 2 unspecified atom stereocenters. The third kappa shape index (κ3) is 6.49. The molecular formula is C18H32N2O. The van der Waals surface area contributed by atoms with E-state index < -0.39 is 0 Å². The first-order valence-electron chi connectivity index (χ1n) is 7.85. The minimum atomic E-state index is 0.276.